The van der Waals surface area contributed by atoms with Gasteiger partial charge >= 0.3 is 0 Å². The molecular formula is C12H16N4OS. The molecule has 1 rings (SSSR count). The normalized spacial score (nSPS) is 12.6. The minimum atomic E-state index is -1.61. The van der Waals surface area contributed by atoms with Gasteiger partial charge in [0.1, 0.15) is 6.07 Å². The summed E-state index contributed by atoms with van der Waals surface area (Å²) in [4.78, 5) is 6.01. The van der Waals surface area contributed by atoms with Crippen molar-refractivity contribution < 1.29 is 4.21 Å². The molecule has 1 atom stereocenters. The van der Waals surface area contributed by atoms with Gasteiger partial charge < -0.3 is 4.90 Å². The molecule has 0 N–H and O–H groups in total. The predicted octanol–water partition coefficient (Wildman–Crippen LogP) is 2.01. The minimum absolute atomic E-state index is 0.512. The number of rotatable bonds is 3. The van der Waals surface area contributed by atoms with Gasteiger partial charge in [-0.25, -0.2) is 9.36 Å². The maximum atomic E-state index is 11.1. The molecule has 0 aliphatic carbocycles. The van der Waals surface area contributed by atoms with Crippen molar-refractivity contribution in [3.05, 3.63) is 23.3 Å². The molecule has 0 saturated carbocycles. The zero-order valence-corrected chi connectivity index (χ0v) is 11.8. The van der Waals surface area contributed by atoms with Crippen LogP contribution in [0, 0.1) is 18.3 Å². The Morgan fingerprint density at radius 1 is 1.44 bits per heavy atom. The molecule has 6 heteroatoms. The van der Waals surface area contributed by atoms with Crippen LogP contribution in [0.15, 0.2) is 21.5 Å². The van der Waals surface area contributed by atoms with Gasteiger partial charge in [0.25, 0.3) is 0 Å². The Labute approximate surface area is 109 Å². The average Bonchev–Trinajstić information content (AvgIpc) is 2.24. The summed E-state index contributed by atoms with van der Waals surface area (Å²) in [7, 11) is 2.09. The van der Waals surface area contributed by atoms with Crippen molar-refractivity contribution in [1.29, 1.82) is 5.26 Å². The number of aryl methyl sites for hydroxylation is 1. The van der Waals surface area contributed by atoms with Crippen molar-refractivity contribution in [2.75, 3.05) is 20.4 Å². The van der Waals surface area contributed by atoms with E-state index in [9.17, 15) is 4.21 Å². The Kier molecular flexibility index (Phi) is 4.86. The maximum absolute atomic E-state index is 11.1. The summed E-state index contributed by atoms with van der Waals surface area (Å²) >= 11 is 0. The highest BCUT2D eigenvalue weighted by Crippen LogP contribution is 2.28. The van der Waals surface area contributed by atoms with Gasteiger partial charge in [-0.3, -0.25) is 4.21 Å². The van der Waals surface area contributed by atoms with E-state index in [1.807, 2.05) is 21.0 Å². The smallest absolute Gasteiger partial charge is 0.102 e. The minimum Gasteiger partial charge on any atom is -0.369 e. The second-order valence-electron chi connectivity index (χ2n) is 4.04. The lowest BCUT2D eigenvalue weighted by atomic mass is 10.1. The molecule has 0 amide bonds. The second-order valence-corrected chi connectivity index (χ2v) is 5.17. The van der Waals surface area contributed by atoms with Crippen LogP contribution in [0.4, 0.5) is 11.4 Å². The van der Waals surface area contributed by atoms with Crippen molar-refractivity contribution in [1.82, 2.24) is 4.90 Å². The van der Waals surface area contributed by atoms with Gasteiger partial charge in [0, 0.05) is 30.9 Å². The van der Waals surface area contributed by atoms with Crippen molar-refractivity contribution in [2.24, 2.45) is 9.36 Å². The maximum Gasteiger partial charge on any atom is 0.102 e. The van der Waals surface area contributed by atoms with Gasteiger partial charge in [-0.15, -0.1) is 0 Å². The van der Waals surface area contributed by atoms with Gasteiger partial charge in [-0.2, -0.15) is 5.26 Å². The van der Waals surface area contributed by atoms with E-state index in [1.165, 1.54) is 6.26 Å². The van der Waals surface area contributed by atoms with Gasteiger partial charge in [0.15, 0.2) is 0 Å². The molecule has 0 radical (unpaired) electrons. The monoisotopic (exact) mass is 264 g/mol. The molecule has 96 valence electrons. The molecule has 0 saturated heterocycles. The zero-order valence-electron chi connectivity index (χ0n) is 10.9. The largest absolute Gasteiger partial charge is 0.369 e. The lowest BCUT2D eigenvalue weighted by Crippen LogP contribution is -2.07. The summed E-state index contributed by atoms with van der Waals surface area (Å²) in [5, 5.41) is 9.11. The Morgan fingerprint density at radius 3 is 2.61 bits per heavy atom. The third-order valence-electron chi connectivity index (χ3n) is 2.10. The van der Waals surface area contributed by atoms with Gasteiger partial charge in [-0.05, 0) is 24.6 Å². The van der Waals surface area contributed by atoms with E-state index >= 15 is 0 Å². The van der Waals surface area contributed by atoms with Gasteiger partial charge in [0.2, 0.25) is 0 Å². The van der Waals surface area contributed by atoms with Crippen LogP contribution in [-0.4, -0.2) is 35.8 Å². The molecule has 18 heavy (non-hydrogen) atoms. The van der Waals surface area contributed by atoms with Crippen molar-refractivity contribution in [3.8, 4) is 6.07 Å². The van der Waals surface area contributed by atoms with Crippen molar-refractivity contribution in [3.63, 3.8) is 0 Å². The highest BCUT2D eigenvalue weighted by Gasteiger charge is 2.06. The van der Waals surface area contributed by atoms with E-state index in [1.54, 1.807) is 23.4 Å². The standard InChI is InChI=1S/C12H16N4OS/c1-9-5-10(15-18(4)17)6-12(11(9)7-13)14-8-16(2)3/h5-6,8,18H,1-4H3/b14-8+. The Balaban J connectivity index is 3.38. The van der Waals surface area contributed by atoms with E-state index in [2.05, 4.69) is 15.4 Å². The first-order valence-corrected chi connectivity index (χ1v) is 6.98. The summed E-state index contributed by atoms with van der Waals surface area (Å²) in [5.41, 5.74) is 2.42. The molecule has 1 aromatic rings. The highest BCUT2D eigenvalue weighted by molar-refractivity contribution is 7.74. The van der Waals surface area contributed by atoms with Crippen LogP contribution < -0.4 is 0 Å². The van der Waals surface area contributed by atoms with Gasteiger partial charge in [0.05, 0.1) is 23.3 Å². The van der Waals surface area contributed by atoms with Crippen LogP contribution in [0.1, 0.15) is 11.1 Å². The number of aliphatic imine (C=N–C) groups is 1. The van der Waals surface area contributed by atoms with Crippen LogP contribution in [0.25, 0.3) is 0 Å². The van der Waals surface area contributed by atoms with Crippen LogP contribution in [0.5, 0.6) is 0 Å². The fraction of sp³-hybridized carbons (Fsp3) is 0.333. The van der Waals surface area contributed by atoms with Crippen molar-refractivity contribution in [2.45, 2.75) is 6.92 Å². The van der Waals surface area contributed by atoms with E-state index in [4.69, 9.17) is 5.26 Å². The van der Waals surface area contributed by atoms with Gasteiger partial charge in [-0.1, -0.05) is 0 Å². The van der Waals surface area contributed by atoms with Crippen LogP contribution >= 0.6 is 0 Å². The first kappa shape index (κ1) is 14.2. The zero-order chi connectivity index (χ0) is 13.7. The molecule has 1 unspecified atom stereocenters. The Morgan fingerprint density at radius 2 is 2.11 bits per heavy atom. The number of nitriles is 1. The Hall–Kier alpha value is -1.87. The first-order valence-electron chi connectivity index (χ1n) is 5.32. The second kappa shape index (κ2) is 6.17. The molecule has 0 aliphatic heterocycles. The third kappa shape index (κ3) is 3.86. The SMILES string of the molecule is Cc1cc(/N=[SH](/C)=O)cc(/N=C/N(C)C)c1C#N. The summed E-state index contributed by atoms with van der Waals surface area (Å²) in [6.45, 7) is 1.81. The molecule has 0 heterocycles. The number of hydrogen-bond acceptors (Lipinski definition) is 4. The highest BCUT2D eigenvalue weighted by atomic mass is 32.2. The molecule has 0 spiro atoms. The number of thiol groups is 1. The molecule has 0 fully saturated rings. The van der Waals surface area contributed by atoms with Crippen LogP contribution in [-0.2, 0) is 10.6 Å². The topological polar surface area (TPSA) is 68.8 Å². The lowest BCUT2D eigenvalue weighted by Gasteiger charge is -2.06. The van der Waals surface area contributed by atoms with Crippen molar-refractivity contribution >= 4 is 28.3 Å². The van der Waals surface area contributed by atoms with E-state index in [0.717, 1.165) is 5.56 Å². The Bertz CT molecular complexity index is 593. The fourth-order valence-electron chi connectivity index (χ4n) is 1.40. The van der Waals surface area contributed by atoms with E-state index in [0.29, 0.717) is 16.9 Å². The number of hydrogen-bond donors (Lipinski definition) is 1. The first-order chi connectivity index (χ1) is 8.43. The van der Waals surface area contributed by atoms with Crippen LogP contribution in [0.3, 0.4) is 0 Å². The van der Waals surface area contributed by atoms with E-state index < -0.39 is 10.6 Å². The number of nitrogens with zero attached hydrogens (tertiary/aromatic N) is 4. The summed E-state index contributed by atoms with van der Waals surface area (Å²) in [6.07, 6.45) is 3.15. The molecule has 5 nitrogen and oxygen atoms in total. The number of benzene rings is 1. The third-order valence-corrected chi connectivity index (χ3v) is 2.61. The molecule has 0 bridgehead atoms. The van der Waals surface area contributed by atoms with Crippen LogP contribution in [0.2, 0.25) is 0 Å². The summed E-state index contributed by atoms with van der Waals surface area (Å²) < 4.78 is 15.1. The van der Waals surface area contributed by atoms with E-state index in [-0.39, 0.29) is 0 Å². The summed E-state index contributed by atoms with van der Waals surface area (Å²) in [5.74, 6) is 0. The molecular weight excluding hydrogens is 248 g/mol. The quantitative estimate of drug-likeness (QED) is 0.516. The lowest BCUT2D eigenvalue weighted by molar-refractivity contribution is 0.643. The average molecular weight is 264 g/mol. The molecule has 1 aromatic carbocycles. The fourth-order valence-corrected chi connectivity index (χ4v) is 1.84. The summed E-state index contributed by atoms with van der Waals surface area (Å²) in [6, 6.07) is 5.53. The predicted molar refractivity (Wildman–Crippen MR) is 75.3 cm³/mol. The molecule has 0 aromatic heterocycles. The molecule has 0 aliphatic rings.